The van der Waals surface area contributed by atoms with Crippen molar-refractivity contribution in [2.45, 2.75) is 27.3 Å². The van der Waals surface area contributed by atoms with Gasteiger partial charge < -0.3 is 5.32 Å². The Hall–Kier alpha value is -1.75. The number of hydrogen-bond donors (Lipinski definition) is 1. The van der Waals surface area contributed by atoms with Crippen molar-refractivity contribution in [2.75, 3.05) is 7.05 Å². The predicted molar refractivity (Wildman–Crippen MR) is 66.1 cm³/mol. The summed E-state index contributed by atoms with van der Waals surface area (Å²) in [5, 5.41) is 15.5. The van der Waals surface area contributed by atoms with E-state index >= 15 is 0 Å². The van der Waals surface area contributed by atoms with Crippen LogP contribution in [-0.2, 0) is 6.54 Å². The van der Waals surface area contributed by atoms with Gasteiger partial charge in [0.05, 0.1) is 12.2 Å². The second kappa shape index (κ2) is 4.63. The molecule has 0 aliphatic rings. The molecule has 2 rings (SSSR count). The maximum atomic E-state index is 4.35. The summed E-state index contributed by atoms with van der Waals surface area (Å²) in [6.45, 7) is 6.85. The third-order valence-electron chi connectivity index (χ3n) is 2.63. The van der Waals surface area contributed by atoms with Gasteiger partial charge in [0, 0.05) is 0 Å². The van der Waals surface area contributed by atoms with Crippen LogP contribution in [0.4, 0.5) is 0 Å². The summed E-state index contributed by atoms with van der Waals surface area (Å²) in [6.07, 6.45) is 0. The molecule has 1 aromatic carbocycles. The van der Waals surface area contributed by atoms with Crippen molar-refractivity contribution >= 4 is 0 Å². The van der Waals surface area contributed by atoms with Crippen LogP contribution in [0, 0.1) is 20.8 Å². The summed E-state index contributed by atoms with van der Waals surface area (Å²) in [6, 6.07) is 4.26. The van der Waals surface area contributed by atoms with E-state index in [1.165, 1.54) is 5.56 Å². The maximum Gasteiger partial charge on any atom is 0.188 e. The van der Waals surface area contributed by atoms with Gasteiger partial charge in [0.2, 0.25) is 0 Å². The van der Waals surface area contributed by atoms with Crippen LogP contribution in [0.3, 0.4) is 0 Å². The highest BCUT2D eigenvalue weighted by atomic mass is 15.6. The number of nitrogens with one attached hydrogen (secondary N) is 1. The fourth-order valence-electron chi connectivity index (χ4n) is 2.05. The van der Waals surface area contributed by atoms with Crippen molar-refractivity contribution in [1.82, 2.24) is 25.5 Å². The van der Waals surface area contributed by atoms with Crippen molar-refractivity contribution in [1.29, 1.82) is 0 Å². The summed E-state index contributed by atoms with van der Waals surface area (Å²) < 4.78 is 0. The molecule has 1 aromatic heterocycles. The fraction of sp³-hybridized carbons (Fsp3) is 0.417. The molecular weight excluding hydrogens is 214 g/mol. The molecule has 1 heterocycles. The van der Waals surface area contributed by atoms with E-state index in [1.807, 2.05) is 7.05 Å². The van der Waals surface area contributed by atoms with E-state index in [2.05, 4.69) is 53.6 Å². The lowest BCUT2D eigenvalue weighted by Crippen LogP contribution is -2.08. The van der Waals surface area contributed by atoms with Gasteiger partial charge in [-0.25, -0.2) is 0 Å². The zero-order valence-electron chi connectivity index (χ0n) is 10.7. The molecule has 0 unspecified atom stereocenters. The molecule has 0 aliphatic carbocycles. The second-order valence-corrected chi connectivity index (χ2v) is 4.27. The lowest BCUT2D eigenvalue weighted by atomic mass is 10.1. The van der Waals surface area contributed by atoms with Gasteiger partial charge in [0.15, 0.2) is 5.82 Å². The molecule has 0 atom stereocenters. The van der Waals surface area contributed by atoms with Gasteiger partial charge in [-0.2, -0.15) is 0 Å². The first kappa shape index (κ1) is 11.7. The molecule has 0 saturated carbocycles. The Bertz CT molecular complexity index is 506. The number of tetrazole rings is 1. The number of aromatic nitrogens is 4. The molecule has 5 heteroatoms. The molecule has 0 aliphatic heterocycles. The first-order chi connectivity index (χ1) is 8.11. The van der Waals surface area contributed by atoms with Gasteiger partial charge >= 0.3 is 0 Å². The SMILES string of the molecule is CNCc1nnn(-c2c(C)cc(C)cc2C)n1. The Kier molecular flexibility index (Phi) is 3.19. The Morgan fingerprint density at radius 2 is 1.82 bits per heavy atom. The molecule has 2 aromatic rings. The Morgan fingerprint density at radius 1 is 1.18 bits per heavy atom. The molecule has 0 saturated heterocycles. The second-order valence-electron chi connectivity index (χ2n) is 4.27. The maximum absolute atomic E-state index is 4.35. The van der Waals surface area contributed by atoms with Crippen molar-refractivity contribution in [3.8, 4) is 5.69 Å². The van der Waals surface area contributed by atoms with Gasteiger partial charge in [-0.3, -0.25) is 0 Å². The van der Waals surface area contributed by atoms with Crippen LogP contribution in [0.15, 0.2) is 12.1 Å². The molecule has 0 bridgehead atoms. The van der Waals surface area contributed by atoms with Crippen LogP contribution in [-0.4, -0.2) is 27.3 Å². The fourth-order valence-corrected chi connectivity index (χ4v) is 2.05. The number of hydrogen-bond acceptors (Lipinski definition) is 4. The molecule has 1 N–H and O–H groups in total. The average Bonchev–Trinajstić information content (AvgIpc) is 2.65. The average molecular weight is 231 g/mol. The van der Waals surface area contributed by atoms with Crippen molar-refractivity contribution in [3.63, 3.8) is 0 Å². The van der Waals surface area contributed by atoms with Gasteiger partial charge in [-0.1, -0.05) is 17.7 Å². The monoisotopic (exact) mass is 231 g/mol. The summed E-state index contributed by atoms with van der Waals surface area (Å²) in [5.74, 6) is 0.701. The topological polar surface area (TPSA) is 55.6 Å². The zero-order chi connectivity index (χ0) is 12.4. The minimum absolute atomic E-state index is 0.629. The predicted octanol–water partition coefficient (Wildman–Crippen LogP) is 1.31. The first-order valence-electron chi connectivity index (χ1n) is 5.63. The van der Waals surface area contributed by atoms with Gasteiger partial charge in [-0.15, -0.1) is 15.0 Å². The number of benzene rings is 1. The Balaban J connectivity index is 2.45. The largest absolute Gasteiger partial charge is 0.313 e. The van der Waals surface area contributed by atoms with E-state index in [-0.39, 0.29) is 0 Å². The molecular formula is C12H17N5. The van der Waals surface area contributed by atoms with Crippen LogP contribution < -0.4 is 5.32 Å². The first-order valence-corrected chi connectivity index (χ1v) is 5.63. The quantitative estimate of drug-likeness (QED) is 0.865. The van der Waals surface area contributed by atoms with E-state index in [0.29, 0.717) is 12.4 Å². The van der Waals surface area contributed by atoms with E-state index < -0.39 is 0 Å². The normalized spacial score (nSPS) is 10.8. The Labute approximate surface area is 101 Å². The van der Waals surface area contributed by atoms with Crippen molar-refractivity contribution in [2.24, 2.45) is 0 Å². The number of nitrogens with zero attached hydrogens (tertiary/aromatic N) is 4. The van der Waals surface area contributed by atoms with Crippen molar-refractivity contribution in [3.05, 3.63) is 34.6 Å². The third-order valence-corrected chi connectivity index (χ3v) is 2.63. The number of rotatable bonds is 3. The highest BCUT2D eigenvalue weighted by molar-refractivity contribution is 5.47. The molecule has 5 nitrogen and oxygen atoms in total. The lowest BCUT2D eigenvalue weighted by Gasteiger charge is -2.08. The smallest absolute Gasteiger partial charge is 0.188 e. The Morgan fingerprint density at radius 3 is 2.41 bits per heavy atom. The summed E-state index contributed by atoms with van der Waals surface area (Å²) in [7, 11) is 1.86. The van der Waals surface area contributed by atoms with Crippen LogP contribution in [0.2, 0.25) is 0 Å². The molecule has 17 heavy (non-hydrogen) atoms. The van der Waals surface area contributed by atoms with E-state index in [9.17, 15) is 0 Å². The zero-order valence-corrected chi connectivity index (χ0v) is 10.7. The highest BCUT2D eigenvalue weighted by Crippen LogP contribution is 2.18. The summed E-state index contributed by atoms with van der Waals surface area (Å²) in [5.41, 5.74) is 4.59. The molecule has 0 fully saturated rings. The highest BCUT2D eigenvalue weighted by Gasteiger charge is 2.10. The van der Waals surface area contributed by atoms with Crippen LogP contribution in [0.1, 0.15) is 22.5 Å². The van der Waals surface area contributed by atoms with Crippen LogP contribution in [0.25, 0.3) is 5.69 Å². The van der Waals surface area contributed by atoms with Gasteiger partial charge in [0.1, 0.15) is 0 Å². The summed E-state index contributed by atoms with van der Waals surface area (Å²) in [4.78, 5) is 1.61. The standard InChI is InChI=1S/C12H17N5/c1-8-5-9(2)12(10(3)6-8)17-15-11(7-13-4)14-16-17/h5-6,13H,7H2,1-4H3. The van der Waals surface area contributed by atoms with E-state index in [4.69, 9.17) is 0 Å². The molecule has 0 spiro atoms. The van der Waals surface area contributed by atoms with E-state index in [0.717, 1.165) is 16.8 Å². The van der Waals surface area contributed by atoms with Crippen LogP contribution in [0.5, 0.6) is 0 Å². The van der Waals surface area contributed by atoms with Crippen molar-refractivity contribution < 1.29 is 0 Å². The molecule has 0 amide bonds. The molecule has 0 radical (unpaired) electrons. The lowest BCUT2D eigenvalue weighted by molar-refractivity contribution is 0.704. The number of aryl methyl sites for hydroxylation is 3. The minimum Gasteiger partial charge on any atom is -0.313 e. The summed E-state index contributed by atoms with van der Waals surface area (Å²) >= 11 is 0. The molecule has 90 valence electrons. The van der Waals surface area contributed by atoms with E-state index in [1.54, 1.807) is 4.80 Å². The third kappa shape index (κ3) is 2.34. The van der Waals surface area contributed by atoms with Gasteiger partial charge in [-0.05, 0) is 44.2 Å². The van der Waals surface area contributed by atoms with Crippen LogP contribution >= 0.6 is 0 Å². The minimum atomic E-state index is 0.629. The van der Waals surface area contributed by atoms with Gasteiger partial charge in [0.25, 0.3) is 0 Å².